The van der Waals surface area contributed by atoms with E-state index in [0.29, 0.717) is 17.8 Å². The molecule has 0 saturated carbocycles. The summed E-state index contributed by atoms with van der Waals surface area (Å²) in [6.07, 6.45) is 1.22. The van der Waals surface area contributed by atoms with Crippen LogP contribution in [-0.4, -0.2) is 5.16 Å². The van der Waals surface area contributed by atoms with Gasteiger partial charge in [0.25, 0.3) is 0 Å². The van der Waals surface area contributed by atoms with Crippen LogP contribution in [0.15, 0.2) is 4.52 Å². The molecule has 1 aliphatic rings. The molecule has 1 aromatic heterocycles. The second kappa shape index (κ2) is 2.86. The summed E-state index contributed by atoms with van der Waals surface area (Å²) in [4.78, 5) is 0. The predicted molar refractivity (Wildman–Crippen MR) is 52.0 cm³/mol. The van der Waals surface area contributed by atoms with Crippen molar-refractivity contribution in [3.63, 3.8) is 0 Å². The molecule has 0 N–H and O–H groups in total. The highest BCUT2D eigenvalue weighted by molar-refractivity contribution is 5.35. The third-order valence-electron chi connectivity index (χ3n) is 2.98. The van der Waals surface area contributed by atoms with Gasteiger partial charge in [0.2, 0.25) is 0 Å². The van der Waals surface area contributed by atoms with E-state index in [-0.39, 0.29) is 0 Å². The highest BCUT2D eigenvalue weighted by Gasteiger charge is 2.33. The summed E-state index contributed by atoms with van der Waals surface area (Å²) in [6.45, 7) is 8.84. The maximum absolute atomic E-state index is 5.40. The third-order valence-corrected chi connectivity index (χ3v) is 2.98. The highest BCUT2D eigenvalue weighted by atomic mass is 16.5. The van der Waals surface area contributed by atoms with Crippen molar-refractivity contribution in [3.8, 4) is 0 Å². The van der Waals surface area contributed by atoms with Crippen molar-refractivity contribution in [2.24, 2.45) is 0 Å². The first-order chi connectivity index (χ1) is 6.11. The molecule has 0 saturated heterocycles. The first-order valence-electron chi connectivity index (χ1n) is 5.10. The van der Waals surface area contributed by atoms with Crippen LogP contribution in [0.1, 0.15) is 68.9 Å². The van der Waals surface area contributed by atoms with Crippen molar-refractivity contribution in [1.82, 2.24) is 5.16 Å². The lowest BCUT2D eigenvalue weighted by atomic mass is 9.98. The highest BCUT2D eigenvalue weighted by Crippen LogP contribution is 2.44. The minimum atomic E-state index is 0.486. The Balaban J connectivity index is 2.48. The summed E-state index contributed by atoms with van der Waals surface area (Å²) in [5.41, 5.74) is 2.56. The standard InChI is InChI=1S/C11H17NO/c1-6(2)10-9-7(3)5-8(4)11(9)13-12-10/h6-8H,5H2,1-4H3/t7-,8+/m1/s1. The van der Waals surface area contributed by atoms with Crippen molar-refractivity contribution < 1.29 is 4.52 Å². The zero-order valence-electron chi connectivity index (χ0n) is 8.79. The first-order valence-corrected chi connectivity index (χ1v) is 5.10. The smallest absolute Gasteiger partial charge is 0.143 e. The molecule has 0 fully saturated rings. The minimum Gasteiger partial charge on any atom is -0.361 e. The van der Waals surface area contributed by atoms with Gasteiger partial charge in [-0.1, -0.05) is 32.9 Å². The van der Waals surface area contributed by atoms with E-state index < -0.39 is 0 Å². The molecule has 72 valence electrons. The molecule has 0 unspecified atom stereocenters. The second-order valence-electron chi connectivity index (χ2n) is 4.54. The number of hydrogen-bond acceptors (Lipinski definition) is 2. The maximum Gasteiger partial charge on any atom is 0.143 e. The van der Waals surface area contributed by atoms with Crippen LogP contribution < -0.4 is 0 Å². The summed E-state index contributed by atoms with van der Waals surface area (Å²) in [7, 11) is 0. The molecule has 2 heteroatoms. The largest absolute Gasteiger partial charge is 0.361 e. The fourth-order valence-electron chi connectivity index (χ4n) is 2.35. The zero-order chi connectivity index (χ0) is 9.59. The molecule has 13 heavy (non-hydrogen) atoms. The summed E-state index contributed by atoms with van der Waals surface area (Å²) in [6, 6.07) is 0. The van der Waals surface area contributed by atoms with Crippen LogP contribution in [0.5, 0.6) is 0 Å². The molecule has 2 rings (SSSR count). The first kappa shape index (κ1) is 8.79. The molecule has 0 radical (unpaired) electrons. The van der Waals surface area contributed by atoms with Gasteiger partial charge in [-0.15, -0.1) is 0 Å². The quantitative estimate of drug-likeness (QED) is 0.660. The molecule has 1 aliphatic carbocycles. The minimum absolute atomic E-state index is 0.486. The van der Waals surface area contributed by atoms with Crippen LogP contribution in [0.4, 0.5) is 0 Å². The van der Waals surface area contributed by atoms with Crippen molar-refractivity contribution in [1.29, 1.82) is 0 Å². The number of hydrogen-bond donors (Lipinski definition) is 0. The average Bonchev–Trinajstić information content (AvgIpc) is 2.55. The number of nitrogens with zero attached hydrogens (tertiary/aromatic N) is 1. The van der Waals surface area contributed by atoms with Crippen molar-refractivity contribution >= 4 is 0 Å². The summed E-state index contributed by atoms with van der Waals surface area (Å²) in [5, 5.41) is 4.16. The van der Waals surface area contributed by atoms with Crippen molar-refractivity contribution in [2.75, 3.05) is 0 Å². The summed E-state index contributed by atoms with van der Waals surface area (Å²) < 4.78 is 5.40. The van der Waals surface area contributed by atoms with E-state index in [4.69, 9.17) is 4.52 Å². The average molecular weight is 179 g/mol. The van der Waals surface area contributed by atoms with E-state index in [1.165, 1.54) is 17.7 Å². The van der Waals surface area contributed by atoms with Gasteiger partial charge in [-0.2, -0.15) is 0 Å². The zero-order valence-corrected chi connectivity index (χ0v) is 8.79. The molecule has 2 atom stereocenters. The van der Waals surface area contributed by atoms with Crippen LogP contribution in [0, 0.1) is 0 Å². The van der Waals surface area contributed by atoms with Gasteiger partial charge >= 0.3 is 0 Å². The Bertz CT molecular complexity index is 314. The Hall–Kier alpha value is -0.790. The molecule has 0 aromatic carbocycles. The van der Waals surface area contributed by atoms with E-state index >= 15 is 0 Å². The Morgan fingerprint density at radius 3 is 2.62 bits per heavy atom. The molecule has 1 aromatic rings. The van der Waals surface area contributed by atoms with E-state index in [1.54, 1.807) is 0 Å². The molecular weight excluding hydrogens is 162 g/mol. The van der Waals surface area contributed by atoms with Crippen LogP contribution in [0.2, 0.25) is 0 Å². The Kier molecular flexibility index (Phi) is 1.94. The molecule has 2 nitrogen and oxygen atoms in total. The Morgan fingerprint density at radius 1 is 1.31 bits per heavy atom. The van der Waals surface area contributed by atoms with Crippen molar-refractivity contribution in [2.45, 2.75) is 51.9 Å². The lowest BCUT2D eigenvalue weighted by Crippen LogP contribution is -1.95. The molecule has 0 bridgehead atoms. The second-order valence-corrected chi connectivity index (χ2v) is 4.54. The third kappa shape index (κ3) is 1.19. The van der Waals surface area contributed by atoms with Crippen LogP contribution >= 0.6 is 0 Å². The predicted octanol–water partition coefficient (Wildman–Crippen LogP) is 3.41. The number of fused-ring (bicyclic) bond motifs is 1. The lowest BCUT2D eigenvalue weighted by Gasteiger charge is -2.06. The van der Waals surface area contributed by atoms with Gasteiger partial charge in [-0.05, 0) is 18.3 Å². The Morgan fingerprint density at radius 2 is 2.00 bits per heavy atom. The fraction of sp³-hybridized carbons (Fsp3) is 0.727. The summed E-state index contributed by atoms with van der Waals surface area (Å²) >= 11 is 0. The monoisotopic (exact) mass is 179 g/mol. The van der Waals surface area contributed by atoms with Crippen molar-refractivity contribution in [3.05, 3.63) is 17.0 Å². The molecular formula is C11H17NO. The topological polar surface area (TPSA) is 26.0 Å². The van der Waals surface area contributed by atoms with Gasteiger partial charge in [-0.25, -0.2) is 0 Å². The van der Waals surface area contributed by atoms with Crippen LogP contribution in [-0.2, 0) is 0 Å². The SMILES string of the molecule is CC(C)c1noc2c1[C@H](C)C[C@@H]2C. The van der Waals surface area contributed by atoms with E-state index in [1.807, 2.05) is 0 Å². The van der Waals surface area contributed by atoms with E-state index in [2.05, 4.69) is 32.9 Å². The van der Waals surface area contributed by atoms with E-state index in [9.17, 15) is 0 Å². The molecule has 1 heterocycles. The van der Waals surface area contributed by atoms with Gasteiger partial charge in [-0.3, -0.25) is 0 Å². The molecule has 0 amide bonds. The van der Waals surface area contributed by atoms with Crippen LogP contribution in [0.25, 0.3) is 0 Å². The lowest BCUT2D eigenvalue weighted by molar-refractivity contribution is 0.359. The fourth-order valence-corrected chi connectivity index (χ4v) is 2.35. The number of aromatic nitrogens is 1. The van der Waals surface area contributed by atoms with Gasteiger partial charge in [0.05, 0.1) is 5.69 Å². The van der Waals surface area contributed by atoms with Gasteiger partial charge in [0.1, 0.15) is 5.76 Å². The molecule has 0 spiro atoms. The Labute approximate surface area is 79.3 Å². The van der Waals surface area contributed by atoms with Crippen LogP contribution in [0.3, 0.4) is 0 Å². The maximum atomic E-state index is 5.40. The summed E-state index contributed by atoms with van der Waals surface area (Å²) in [5.74, 6) is 2.81. The normalized spacial score (nSPS) is 26.8. The van der Waals surface area contributed by atoms with Gasteiger partial charge < -0.3 is 4.52 Å². The van der Waals surface area contributed by atoms with Gasteiger partial charge in [0.15, 0.2) is 0 Å². The number of rotatable bonds is 1. The van der Waals surface area contributed by atoms with E-state index in [0.717, 1.165) is 5.76 Å². The molecule has 0 aliphatic heterocycles. The van der Waals surface area contributed by atoms with Gasteiger partial charge in [0, 0.05) is 11.5 Å².